The van der Waals surface area contributed by atoms with Crippen LogP contribution in [0.4, 0.5) is 11.4 Å². The summed E-state index contributed by atoms with van der Waals surface area (Å²) in [6.45, 7) is 3.68. The number of amides is 1. The third-order valence-corrected chi connectivity index (χ3v) is 5.13. The van der Waals surface area contributed by atoms with Crippen molar-refractivity contribution in [3.8, 4) is 23.0 Å². The summed E-state index contributed by atoms with van der Waals surface area (Å²) in [7, 11) is 6.30. The first-order valence-corrected chi connectivity index (χ1v) is 9.79. The van der Waals surface area contributed by atoms with Crippen LogP contribution in [0.5, 0.6) is 23.0 Å². The summed E-state index contributed by atoms with van der Waals surface area (Å²) in [6, 6.07) is 11.5. The summed E-state index contributed by atoms with van der Waals surface area (Å²) in [5, 5.41) is 2.92. The molecule has 1 aliphatic rings. The quantitative estimate of drug-likeness (QED) is 0.710. The Hall–Kier alpha value is -3.13. The standard InChI is InChI=1S/C22H29N3O5/c1-27-18-7-5-17(6-8-18)25-11-9-24(10-12-25)15-21(26)23-16-13-19(28-2)22(30-4)20(14-16)29-3/h5-8,13-14H,9-12,15H2,1-4H3,(H,23,26). The molecule has 8 heteroatoms. The molecule has 162 valence electrons. The SMILES string of the molecule is COc1ccc(N2CCN(CC(=O)Nc3cc(OC)c(OC)c(OC)c3)CC2)cc1. The average Bonchev–Trinajstić information content (AvgIpc) is 2.78. The van der Waals surface area contributed by atoms with E-state index in [1.54, 1.807) is 40.6 Å². The Morgan fingerprint density at radius 2 is 1.47 bits per heavy atom. The molecule has 0 radical (unpaired) electrons. The van der Waals surface area contributed by atoms with Crippen molar-refractivity contribution in [2.24, 2.45) is 0 Å². The first kappa shape index (κ1) is 21.6. The van der Waals surface area contributed by atoms with Crippen LogP contribution in [0.1, 0.15) is 0 Å². The van der Waals surface area contributed by atoms with Crippen molar-refractivity contribution in [1.29, 1.82) is 0 Å². The molecule has 30 heavy (non-hydrogen) atoms. The summed E-state index contributed by atoms with van der Waals surface area (Å²) in [6.07, 6.45) is 0. The molecule has 1 saturated heterocycles. The Morgan fingerprint density at radius 1 is 0.867 bits per heavy atom. The van der Waals surface area contributed by atoms with E-state index in [9.17, 15) is 4.79 Å². The molecule has 0 saturated carbocycles. The third-order valence-electron chi connectivity index (χ3n) is 5.13. The lowest BCUT2D eigenvalue weighted by molar-refractivity contribution is -0.117. The lowest BCUT2D eigenvalue weighted by Crippen LogP contribution is -2.48. The summed E-state index contributed by atoms with van der Waals surface area (Å²) in [5.74, 6) is 2.26. The number of hydrogen-bond donors (Lipinski definition) is 1. The highest BCUT2D eigenvalue weighted by Crippen LogP contribution is 2.39. The lowest BCUT2D eigenvalue weighted by atomic mass is 10.2. The van der Waals surface area contributed by atoms with E-state index in [0.29, 0.717) is 29.5 Å². The van der Waals surface area contributed by atoms with Crippen molar-refractivity contribution in [1.82, 2.24) is 4.90 Å². The zero-order chi connectivity index (χ0) is 21.5. The van der Waals surface area contributed by atoms with Crippen LogP contribution in [0, 0.1) is 0 Å². The van der Waals surface area contributed by atoms with Crippen LogP contribution >= 0.6 is 0 Å². The Bertz CT molecular complexity index is 823. The molecule has 1 fully saturated rings. The van der Waals surface area contributed by atoms with Crippen molar-refractivity contribution in [3.63, 3.8) is 0 Å². The smallest absolute Gasteiger partial charge is 0.238 e. The molecule has 0 atom stereocenters. The van der Waals surface area contributed by atoms with Gasteiger partial charge >= 0.3 is 0 Å². The molecule has 0 unspecified atom stereocenters. The highest BCUT2D eigenvalue weighted by Gasteiger charge is 2.20. The summed E-state index contributed by atoms with van der Waals surface area (Å²) < 4.78 is 21.2. The highest BCUT2D eigenvalue weighted by atomic mass is 16.5. The topological polar surface area (TPSA) is 72.5 Å². The van der Waals surface area contributed by atoms with Crippen LogP contribution in [-0.2, 0) is 4.79 Å². The second-order valence-corrected chi connectivity index (χ2v) is 6.92. The number of nitrogens with zero attached hydrogens (tertiary/aromatic N) is 2. The number of carbonyl (C=O) groups is 1. The largest absolute Gasteiger partial charge is 0.497 e. The Kier molecular flexibility index (Phi) is 7.24. The molecule has 2 aromatic carbocycles. The van der Waals surface area contributed by atoms with E-state index < -0.39 is 0 Å². The molecule has 1 heterocycles. The summed E-state index contributed by atoms with van der Waals surface area (Å²) in [4.78, 5) is 17.0. The van der Waals surface area contributed by atoms with E-state index >= 15 is 0 Å². The number of nitrogens with one attached hydrogen (secondary N) is 1. The number of anilines is 2. The van der Waals surface area contributed by atoms with E-state index in [4.69, 9.17) is 18.9 Å². The third kappa shape index (κ3) is 5.07. The number of hydrogen-bond acceptors (Lipinski definition) is 7. The molecule has 1 N–H and O–H groups in total. The van der Waals surface area contributed by atoms with Crippen molar-refractivity contribution in [3.05, 3.63) is 36.4 Å². The Morgan fingerprint density at radius 3 is 1.97 bits per heavy atom. The first-order valence-electron chi connectivity index (χ1n) is 9.79. The van der Waals surface area contributed by atoms with Crippen molar-refractivity contribution in [2.75, 3.05) is 71.4 Å². The number of ether oxygens (including phenoxy) is 4. The fraction of sp³-hybridized carbons (Fsp3) is 0.409. The maximum atomic E-state index is 12.6. The number of methoxy groups -OCH3 is 4. The normalized spacial score (nSPS) is 14.2. The Labute approximate surface area is 177 Å². The van der Waals surface area contributed by atoms with Gasteiger partial charge in [0.15, 0.2) is 11.5 Å². The van der Waals surface area contributed by atoms with Gasteiger partial charge in [-0.3, -0.25) is 9.69 Å². The molecule has 1 aliphatic heterocycles. The zero-order valence-electron chi connectivity index (χ0n) is 17.9. The van der Waals surface area contributed by atoms with E-state index in [1.165, 1.54) is 0 Å². The van der Waals surface area contributed by atoms with Gasteiger partial charge in [0.2, 0.25) is 11.7 Å². The van der Waals surface area contributed by atoms with E-state index in [-0.39, 0.29) is 5.91 Å². The molecule has 0 aromatic heterocycles. The predicted octanol–water partition coefficient (Wildman–Crippen LogP) is 2.48. The first-order chi connectivity index (χ1) is 14.6. The minimum absolute atomic E-state index is 0.0813. The Balaban J connectivity index is 1.55. The van der Waals surface area contributed by atoms with Crippen LogP contribution in [0.25, 0.3) is 0 Å². The van der Waals surface area contributed by atoms with Gasteiger partial charge in [-0.1, -0.05) is 0 Å². The van der Waals surface area contributed by atoms with Gasteiger partial charge in [0, 0.05) is 49.7 Å². The van der Waals surface area contributed by atoms with Crippen LogP contribution in [0.15, 0.2) is 36.4 Å². The van der Waals surface area contributed by atoms with Crippen LogP contribution in [0.2, 0.25) is 0 Å². The fourth-order valence-electron chi connectivity index (χ4n) is 3.51. The number of rotatable bonds is 8. The fourth-order valence-corrected chi connectivity index (χ4v) is 3.51. The second-order valence-electron chi connectivity index (χ2n) is 6.92. The molecule has 3 rings (SSSR count). The molecule has 2 aromatic rings. The van der Waals surface area contributed by atoms with E-state index in [1.807, 2.05) is 12.1 Å². The average molecular weight is 415 g/mol. The van der Waals surface area contributed by atoms with Gasteiger partial charge in [0.1, 0.15) is 5.75 Å². The van der Waals surface area contributed by atoms with Crippen LogP contribution in [0.3, 0.4) is 0 Å². The highest BCUT2D eigenvalue weighted by molar-refractivity contribution is 5.93. The summed E-state index contributed by atoms with van der Waals surface area (Å²) >= 11 is 0. The number of carbonyl (C=O) groups excluding carboxylic acids is 1. The van der Waals surface area contributed by atoms with Gasteiger partial charge in [0.25, 0.3) is 0 Å². The minimum Gasteiger partial charge on any atom is -0.497 e. The summed E-state index contributed by atoms with van der Waals surface area (Å²) in [5.41, 5.74) is 1.77. The maximum absolute atomic E-state index is 12.6. The van der Waals surface area contributed by atoms with Crippen molar-refractivity contribution >= 4 is 17.3 Å². The number of benzene rings is 2. The predicted molar refractivity (Wildman–Crippen MR) is 116 cm³/mol. The van der Waals surface area contributed by atoms with Gasteiger partial charge in [0.05, 0.1) is 35.0 Å². The van der Waals surface area contributed by atoms with E-state index in [2.05, 4.69) is 27.2 Å². The molecule has 0 spiro atoms. The molecule has 1 amide bonds. The molecule has 0 aliphatic carbocycles. The van der Waals surface area contributed by atoms with Gasteiger partial charge in [-0.05, 0) is 24.3 Å². The van der Waals surface area contributed by atoms with Gasteiger partial charge in [-0.2, -0.15) is 0 Å². The monoisotopic (exact) mass is 415 g/mol. The minimum atomic E-state index is -0.0813. The molecule has 8 nitrogen and oxygen atoms in total. The number of piperazine rings is 1. The zero-order valence-corrected chi connectivity index (χ0v) is 17.9. The lowest BCUT2D eigenvalue weighted by Gasteiger charge is -2.35. The van der Waals surface area contributed by atoms with Crippen LogP contribution < -0.4 is 29.2 Å². The van der Waals surface area contributed by atoms with E-state index in [0.717, 1.165) is 37.6 Å². The second kappa shape index (κ2) is 10.1. The van der Waals surface area contributed by atoms with Crippen LogP contribution in [-0.4, -0.2) is 72.0 Å². The maximum Gasteiger partial charge on any atom is 0.238 e. The van der Waals surface area contributed by atoms with Crippen molar-refractivity contribution in [2.45, 2.75) is 0 Å². The van der Waals surface area contributed by atoms with Gasteiger partial charge in [-0.15, -0.1) is 0 Å². The molecular weight excluding hydrogens is 386 g/mol. The van der Waals surface area contributed by atoms with Crippen molar-refractivity contribution < 1.29 is 23.7 Å². The van der Waals surface area contributed by atoms with Gasteiger partial charge < -0.3 is 29.2 Å². The molecule has 0 bridgehead atoms. The molecular formula is C22H29N3O5. The van der Waals surface area contributed by atoms with Gasteiger partial charge in [-0.25, -0.2) is 0 Å².